The predicted octanol–water partition coefficient (Wildman–Crippen LogP) is 3.16. The number of hydrogen-bond donors (Lipinski definition) is 0. The molecule has 27 heavy (non-hydrogen) atoms. The second-order valence-electron chi connectivity index (χ2n) is 7.22. The molecular weight excluding hydrogens is 356 g/mol. The van der Waals surface area contributed by atoms with Gasteiger partial charge in [-0.1, -0.05) is 0 Å². The molecule has 0 aromatic heterocycles. The van der Waals surface area contributed by atoms with Crippen molar-refractivity contribution in [1.82, 2.24) is 4.90 Å². The van der Waals surface area contributed by atoms with E-state index >= 15 is 0 Å². The molecule has 1 aromatic carbocycles. The van der Waals surface area contributed by atoms with E-state index in [2.05, 4.69) is 0 Å². The van der Waals surface area contributed by atoms with Crippen LogP contribution in [0.2, 0.25) is 0 Å². The molecule has 0 spiro atoms. The predicted molar refractivity (Wildman–Crippen MR) is 95.9 cm³/mol. The zero-order valence-corrected chi connectivity index (χ0v) is 15.9. The van der Waals surface area contributed by atoms with Gasteiger partial charge in [-0.2, -0.15) is 0 Å². The number of amides is 1. The largest absolute Gasteiger partial charge is 0.490 e. The highest BCUT2D eigenvalue weighted by Gasteiger charge is 2.29. The normalized spacial score (nSPS) is 15.2. The Balaban J connectivity index is 1.94. The molecule has 148 valence electrons. The lowest BCUT2D eigenvalue weighted by molar-refractivity contribution is -0.385. The van der Waals surface area contributed by atoms with E-state index in [4.69, 9.17) is 14.2 Å². The third-order valence-electron chi connectivity index (χ3n) is 3.98. The Labute approximate surface area is 157 Å². The highest BCUT2D eigenvalue weighted by molar-refractivity contribution is 5.90. The molecule has 0 bridgehead atoms. The van der Waals surface area contributed by atoms with E-state index in [-0.39, 0.29) is 23.1 Å². The molecule has 1 fully saturated rings. The van der Waals surface area contributed by atoms with Gasteiger partial charge >= 0.3 is 17.7 Å². The Morgan fingerprint density at radius 2 is 1.85 bits per heavy atom. The van der Waals surface area contributed by atoms with E-state index in [1.807, 2.05) is 0 Å². The number of hydrogen-bond acceptors (Lipinski definition) is 7. The summed E-state index contributed by atoms with van der Waals surface area (Å²) in [6.45, 7) is 6.22. The van der Waals surface area contributed by atoms with Gasteiger partial charge in [0, 0.05) is 32.0 Å². The summed E-state index contributed by atoms with van der Waals surface area (Å²) in [5, 5.41) is 11.1. The van der Waals surface area contributed by atoms with Crippen molar-refractivity contribution in [1.29, 1.82) is 0 Å². The fraction of sp³-hybridized carbons (Fsp3) is 0.556. The minimum atomic E-state index is -0.642. The first-order valence-corrected chi connectivity index (χ1v) is 8.62. The number of likely N-dealkylation sites (tertiary alicyclic amines) is 1. The third-order valence-corrected chi connectivity index (χ3v) is 3.98. The van der Waals surface area contributed by atoms with Gasteiger partial charge < -0.3 is 19.1 Å². The van der Waals surface area contributed by atoms with Crippen LogP contribution >= 0.6 is 0 Å². The van der Waals surface area contributed by atoms with Gasteiger partial charge in [0.25, 0.3) is 0 Å². The van der Waals surface area contributed by atoms with Crippen LogP contribution in [0.1, 0.15) is 44.0 Å². The van der Waals surface area contributed by atoms with Gasteiger partial charge in [-0.25, -0.2) is 9.59 Å². The smallest absolute Gasteiger partial charge is 0.410 e. The molecule has 0 N–H and O–H groups in total. The molecule has 9 heteroatoms. The maximum atomic E-state index is 12.3. The van der Waals surface area contributed by atoms with E-state index in [1.165, 1.54) is 19.2 Å². The lowest BCUT2D eigenvalue weighted by Crippen LogP contribution is -2.43. The van der Waals surface area contributed by atoms with Gasteiger partial charge in [0.2, 0.25) is 0 Å². The monoisotopic (exact) mass is 380 g/mol. The Hall–Kier alpha value is -2.84. The van der Waals surface area contributed by atoms with Crippen molar-refractivity contribution in [2.24, 2.45) is 0 Å². The summed E-state index contributed by atoms with van der Waals surface area (Å²) in [7, 11) is 1.32. The molecule has 1 aliphatic rings. The van der Waals surface area contributed by atoms with Gasteiger partial charge in [-0.05, 0) is 32.9 Å². The first-order valence-electron chi connectivity index (χ1n) is 8.62. The van der Waals surface area contributed by atoms with Crippen molar-refractivity contribution in [3.8, 4) is 5.75 Å². The van der Waals surface area contributed by atoms with Crippen molar-refractivity contribution in [2.75, 3.05) is 20.2 Å². The third kappa shape index (κ3) is 5.57. The van der Waals surface area contributed by atoms with Gasteiger partial charge in [0.05, 0.1) is 17.6 Å². The van der Waals surface area contributed by atoms with Crippen LogP contribution in [0.3, 0.4) is 0 Å². The first kappa shape index (κ1) is 20.5. The van der Waals surface area contributed by atoms with E-state index in [0.717, 1.165) is 6.07 Å². The van der Waals surface area contributed by atoms with Crippen molar-refractivity contribution < 1.29 is 28.7 Å². The molecule has 9 nitrogen and oxygen atoms in total. The maximum absolute atomic E-state index is 12.3. The Bertz CT molecular complexity index is 719. The second-order valence-corrected chi connectivity index (χ2v) is 7.22. The van der Waals surface area contributed by atoms with Crippen molar-refractivity contribution in [3.05, 3.63) is 33.9 Å². The minimum absolute atomic E-state index is 0.0715. The van der Waals surface area contributed by atoms with E-state index in [9.17, 15) is 19.7 Å². The van der Waals surface area contributed by atoms with Crippen LogP contribution in [-0.2, 0) is 9.47 Å². The zero-order chi connectivity index (χ0) is 20.2. The summed E-state index contributed by atoms with van der Waals surface area (Å²) < 4.78 is 15.7. The van der Waals surface area contributed by atoms with Crippen molar-refractivity contribution in [3.63, 3.8) is 0 Å². The molecule has 0 aliphatic carbocycles. The summed E-state index contributed by atoms with van der Waals surface area (Å²) in [5.74, 6) is -0.571. The number of methoxy groups -OCH3 is 1. The molecule has 1 heterocycles. The Kier molecular flexibility index (Phi) is 6.24. The van der Waals surface area contributed by atoms with Crippen LogP contribution in [0.4, 0.5) is 10.5 Å². The van der Waals surface area contributed by atoms with E-state index in [1.54, 1.807) is 25.7 Å². The lowest BCUT2D eigenvalue weighted by atomic mass is 10.1. The lowest BCUT2D eigenvalue weighted by Gasteiger charge is -2.33. The number of piperidine rings is 1. The van der Waals surface area contributed by atoms with Crippen molar-refractivity contribution in [2.45, 2.75) is 45.3 Å². The highest BCUT2D eigenvalue weighted by Crippen LogP contribution is 2.28. The van der Waals surface area contributed by atoms with Gasteiger partial charge in [0.15, 0.2) is 5.75 Å². The number of ether oxygens (including phenoxy) is 3. The summed E-state index contributed by atoms with van der Waals surface area (Å²) in [6, 6.07) is 3.92. The van der Waals surface area contributed by atoms with Gasteiger partial charge in [-0.3, -0.25) is 10.1 Å². The zero-order valence-electron chi connectivity index (χ0n) is 15.9. The minimum Gasteiger partial charge on any atom is -0.490 e. The molecule has 0 unspecified atom stereocenters. The van der Waals surface area contributed by atoms with Gasteiger partial charge in [0.1, 0.15) is 11.7 Å². The Morgan fingerprint density at radius 1 is 1.22 bits per heavy atom. The van der Waals surface area contributed by atoms with E-state index < -0.39 is 22.6 Å². The number of nitrogens with zero attached hydrogens (tertiary/aromatic N) is 2. The molecule has 0 radical (unpaired) electrons. The molecule has 1 amide bonds. The molecular formula is C18H24N2O7. The Morgan fingerprint density at radius 3 is 2.37 bits per heavy atom. The van der Waals surface area contributed by atoms with Gasteiger partial charge in [-0.15, -0.1) is 0 Å². The summed E-state index contributed by atoms with van der Waals surface area (Å²) in [6.07, 6.45) is 0.197. The number of benzene rings is 1. The molecule has 0 atom stereocenters. The summed E-state index contributed by atoms with van der Waals surface area (Å²) >= 11 is 0. The quantitative estimate of drug-likeness (QED) is 0.448. The summed E-state index contributed by atoms with van der Waals surface area (Å²) in [5.41, 5.74) is -0.785. The van der Waals surface area contributed by atoms with Crippen LogP contribution in [0.25, 0.3) is 0 Å². The molecule has 1 aromatic rings. The maximum Gasteiger partial charge on any atom is 0.410 e. The number of nitro groups is 1. The van der Waals surface area contributed by atoms with Crippen LogP contribution in [-0.4, -0.2) is 53.8 Å². The highest BCUT2D eigenvalue weighted by atomic mass is 16.6. The average Bonchev–Trinajstić information content (AvgIpc) is 2.60. The fourth-order valence-corrected chi connectivity index (χ4v) is 2.66. The number of esters is 1. The fourth-order valence-electron chi connectivity index (χ4n) is 2.66. The van der Waals surface area contributed by atoms with Crippen LogP contribution in [0.5, 0.6) is 5.75 Å². The topological polar surface area (TPSA) is 108 Å². The van der Waals surface area contributed by atoms with Crippen LogP contribution < -0.4 is 4.74 Å². The van der Waals surface area contributed by atoms with E-state index in [0.29, 0.717) is 25.9 Å². The molecule has 0 saturated carbocycles. The SMILES string of the molecule is COc1ccc(C(=O)OC2CCN(C(=O)OC(C)(C)C)CC2)cc1[N+](=O)[O-]. The van der Waals surface area contributed by atoms with Crippen molar-refractivity contribution >= 4 is 17.7 Å². The average molecular weight is 380 g/mol. The number of carbonyl (C=O) groups is 2. The summed E-state index contributed by atoms with van der Waals surface area (Å²) in [4.78, 5) is 36.4. The molecule has 1 aliphatic heterocycles. The van der Waals surface area contributed by atoms with Crippen LogP contribution in [0.15, 0.2) is 18.2 Å². The number of nitro benzene ring substituents is 1. The number of rotatable bonds is 4. The first-order chi connectivity index (χ1) is 12.6. The number of carbonyl (C=O) groups excluding carboxylic acids is 2. The molecule has 1 saturated heterocycles. The molecule has 2 rings (SSSR count). The second kappa shape index (κ2) is 8.24. The standard InChI is InChI=1S/C18H24N2O7/c1-18(2,3)27-17(22)19-9-7-13(8-10-19)26-16(21)12-5-6-15(25-4)14(11-12)20(23)24/h5-6,11,13H,7-10H2,1-4H3. The van der Waals surface area contributed by atoms with Crippen LogP contribution in [0, 0.1) is 10.1 Å².